The van der Waals surface area contributed by atoms with E-state index in [0.29, 0.717) is 6.04 Å². The minimum atomic E-state index is 0.104. The summed E-state index contributed by atoms with van der Waals surface area (Å²) in [6.07, 6.45) is 4.21. The molecule has 0 spiro atoms. The third-order valence-corrected chi connectivity index (χ3v) is 2.19. The number of hydrogen-bond acceptors (Lipinski definition) is 3. The largest absolute Gasteiger partial charge is 0.303 e. The van der Waals surface area contributed by atoms with Crippen molar-refractivity contribution in [3.8, 4) is 0 Å². The molecule has 78 valence electrons. The van der Waals surface area contributed by atoms with Gasteiger partial charge in [0, 0.05) is 18.4 Å². The van der Waals surface area contributed by atoms with E-state index in [1.807, 2.05) is 11.6 Å². The summed E-state index contributed by atoms with van der Waals surface area (Å²) in [5, 5.41) is 4.14. The SMILES string of the molecule is CC(C=O)CCc1ncnn1C(C)C. The summed E-state index contributed by atoms with van der Waals surface area (Å²) in [7, 11) is 0. The van der Waals surface area contributed by atoms with E-state index in [1.54, 1.807) is 6.33 Å². The molecule has 0 radical (unpaired) electrons. The van der Waals surface area contributed by atoms with Crippen molar-refractivity contribution < 1.29 is 4.79 Å². The van der Waals surface area contributed by atoms with Crippen molar-refractivity contribution in [2.75, 3.05) is 0 Å². The molecule has 0 aliphatic rings. The molecule has 0 saturated heterocycles. The van der Waals surface area contributed by atoms with Crippen molar-refractivity contribution in [2.45, 2.75) is 39.7 Å². The Morgan fingerprint density at radius 1 is 1.50 bits per heavy atom. The van der Waals surface area contributed by atoms with Crippen LogP contribution in [0.2, 0.25) is 0 Å². The molecule has 0 fully saturated rings. The Morgan fingerprint density at radius 3 is 2.79 bits per heavy atom. The highest BCUT2D eigenvalue weighted by Gasteiger charge is 2.08. The normalized spacial score (nSPS) is 13.1. The molecule has 0 aliphatic heterocycles. The second-order valence-electron chi connectivity index (χ2n) is 3.87. The van der Waals surface area contributed by atoms with Crippen LogP contribution >= 0.6 is 0 Å². The first-order valence-electron chi connectivity index (χ1n) is 4.98. The zero-order valence-corrected chi connectivity index (χ0v) is 8.97. The summed E-state index contributed by atoms with van der Waals surface area (Å²) in [6, 6.07) is 0.332. The molecule has 1 unspecified atom stereocenters. The lowest BCUT2D eigenvalue weighted by Crippen LogP contribution is -2.09. The first kappa shape index (κ1) is 10.9. The summed E-state index contributed by atoms with van der Waals surface area (Å²) in [4.78, 5) is 14.6. The quantitative estimate of drug-likeness (QED) is 0.671. The smallest absolute Gasteiger partial charge is 0.138 e. The maximum Gasteiger partial charge on any atom is 0.138 e. The maximum absolute atomic E-state index is 10.4. The Labute approximate surface area is 84.3 Å². The average Bonchev–Trinajstić information content (AvgIpc) is 2.62. The van der Waals surface area contributed by atoms with Crippen LogP contribution < -0.4 is 0 Å². The van der Waals surface area contributed by atoms with Gasteiger partial charge in [0.05, 0.1) is 0 Å². The third kappa shape index (κ3) is 2.65. The van der Waals surface area contributed by atoms with E-state index >= 15 is 0 Å². The van der Waals surface area contributed by atoms with E-state index in [4.69, 9.17) is 0 Å². The predicted molar refractivity (Wildman–Crippen MR) is 54.0 cm³/mol. The lowest BCUT2D eigenvalue weighted by molar-refractivity contribution is -0.110. The molecular weight excluding hydrogens is 178 g/mol. The molecule has 1 aromatic heterocycles. The number of carbonyl (C=O) groups excluding carboxylic acids is 1. The molecule has 1 atom stereocenters. The van der Waals surface area contributed by atoms with Crippen LogP contribution in [-0.2, 0) is 11.2 Å². The molecule has 0 amide bonds. The van der Waals surface area contributed by atoms with Crippen molar-refractivity contribution in [1.82, 2.24) is 14.8 Å². The van der Waals surface area contributed by atoms with Crippen molar-refractivity contribution in [2.24, 2.45) is 5.92 Å². The Kier molecular flexibility index (Phi) is 3.80. The summed E-state index contributed by atoms with van der Waals surface area (Å²) in [6.45, 7) is 6.06. The van der Waals surface area contributed by atoms with Crippen LogP contribution in [0.3, 0.4) is 0 Å². The van der Waals surface area contributed by atoms with Crippen LogP contribution in [-0.4, -0.2) is 21.1 Å². The molecule has 1 aromatic rings. The molecule has 1 heterocycles. The van der Waals surface area contributed by atoms with Gasteiger partial charge < -0.3 is 4.79 Å². The number of hydrogen-bond donors (Lipinski definition) is 0. The van der Waals surface area contributed by atoms with Gasteiger partial charge in [-0.2, -0.15) is 5.10 Å². The monoisotopic (exact) mass is 195 g/mol. The standard InChI is InChI=1S/C10H17N3O/c1-8(2)13-10(11-7-12-13)5-4-9(3)6-14/h6-9H,4-5H2,1-3H3. The zero-order valence-electron chi connectivity index (χ0n) is 8.97. The van der Waals surface area contributed by atoms with E-state index in [-0.39, 0.29) is 5.92 Å². The van der Waals surface area contributed by atoms with Gasteiger partial charge in [-0.3, -0.25) is 0 Å². The Hall–Kier alpha value is -1.19. The molecule has 0 bridgehead atoms. The molecule has 0 aromatic carbocycles. The maximum atomic E-state index is 10.4. The van der Waals surface area contributed by atoms with E-state index in [2.05, 4.69) is 23.9 Å². The van der Waals surface area contributed by atoms with Crippen LogP contribution in [0.1, 0.15) is 39.1 Å². The molecule has 0 aliphatic carbocycles. The van der Waals surface area contributed by atoms with E-state index in [9.17, 15) is 4.79 Å². The summed E-state index contributed by atoms with van der Waals surface area (Å²) in [5.41, 5.74) is 0. The highest BCUT2D eigenvalue weighted by atomic mass is 16.1. The number of aryl methyl sites for hydroxylation is 1. The number of nitrogens with zero attached hydrogens (tertiary/aromatic N) is 3. The van der Waals surface area contributed by atoms with Crippen LogP contribution in [0.5, 0.6) is 0 Å². The topological polar surface area (TPSA) is 47.8 Å². The molecule has 4 heteroatoms. The summed E-state index contributed by atoms with van der Waals surface area (Å²) >= 11 is 0. The van der Waals surface area contributed by atoms with Gasteiger partial charge in [0.15, 0.2) is 0 Å². The molecule has 0 saturated carbocycles. The van der Waals surface area contributed by atoms with Crippen LogP contribution in [0.15, 0.2) is 6.33 Å². The van der Waals surface area contributed by atoms with Crippen LogP contribution in [0, 0.1) is 5.92 Å². The average molecular weight is 195 g/mol. The lowest BCUT2D eigenvalue weighted by Gasteiger charge is -2.09. The van der Waals surface area contributed by atoms with Crippen molar-refractivity contribution in [3.63, 3.8) is 0 Å². The van der Waals surface area contributed by atoms with Crippen molar-refractivity contribution in [3.05, 3.63) is 12.2 Å². The fraction of sp³-hybridized carbons (Fsp3) is 0.700. The van der Waals surface area contributed by atoms with Gasteiger partial charge in [0.2, 0.25) is 0 Å². The van der Waals surface area contributed by atoms with Gasteiger partial charge >= 0.3 is 0 Å². The highest BCUT2D eigenvalue weighted by molar-refractivity contribution is 5.52. The zero-order chi connectivity index (χ0) is 10.6. The number of aldehydes is 1. The van der Waals surface area contributed by atoms with Gasteiger partial charge in [0.25, 0.3) is 0 Å². The van der Waals surface area contributed by atoms with Gasteiger partial charge in [0.1, 0.15) is 18.4 Å². The first-order valence-corrected chi connectivity index (χ1v) is 4.98. The van der Waals surface area contributed by atoms with Gasteiger partial charge in [-0.25, -0.2) is 9.67 Å². The second-order valence-corrected chi connectivity index (χ2v) is 3.87. The minimum Gasteiger partial charge on any atom is -0.303 e. The fourth-order valence-corrected chi connectivity index (χ4v) is 1.31. The Morgan fingerprint density at radius 2 is 2.21 bits per heavy atom. The van der Waals surface area contributed by atoms with E-state index in [0.717, 1.165) is 25.0 Å². The molecular formula is C10H17N3O. The van der Waals surface area contributed by atoms with E-state index in [1.165, 1.54) is 0 Å². The number of aromatic nitrogens is 3. The minimum absolute atomic E-state index is 0.104. The molecule has 4 nitrogen and oxygen atoms in total. The van der Waals surface area contributed by atoms with Crippen LogP contribution in [0.25, 0.3) is 0 Å². The summed E-state index contributed by atoms with van der Waals surface area (Å²) in [5.74, 6) is 1.07. The van der Waals surface area contributed by atoms with E-state index < -0.39 is 0 Å². The van der Waals surface area contributed by atoms with Gasteiger partial charge in [-0.15, -0.1) is 0 Å². The van der Waals surface area contributed by atoms with Crippen molar-refractivity contribution >= 4 is 6.29 Å². The second kappa shape index (κ2) is 4.88. The predicted octanol–water partition coefficient (Wildman–Crippen LogP) is 1.63. The first-order chi connectivity index (χ1) is 6.65. The van der Waals surface area contributed by atoms with Gasteiger partial charge in [-0.1, -0.05) is 6.92 Å². The lowest BCUT2D eigenvalue weighted by atomic mass is 10.1. The molecule has 14 heavy (non-hydrogen) atoms. The van der Waals surface area contributed by atoms with Crippen molar-refractivity contribution in [1.29, 1.82) is 0 Å². The summed E-state index contributed by atoms with van der Waals surface area (Å²) < 4.78 is 1.90. The molecule has 0 N–H and O–H groups in total. The van der Waals surface area contributed by atoms with Gasteiger partial charge in [-0.05, 0) is 20.3 Å². The number of carbonyl (C=O) groups is 1. The fourth-order valence-electron chi connectivity index (χ4n) is 1.31. The Bertz CT molecular complexity index is 293. The molecule has 1 rings (SSSR count). The number of rotatable bonds is 5. The highest BCUT2D eigenvalue weighted by Crippen LogP contribution is 2.09. The third-order valence-electron chi connectivity index (χ3n) is 2.19. The van der Waals surface area contributed by atoms with Crippen LogP contribution in [0.4, 0.5) is 0 Å². The Balaban J connectivity index is 2.58.